The molecule has 0 aliphatic carbocycles. The van der Waals surface area contributed by atoms with Gasteiger partial charge in [0.15, 0.2) is 0 Å². The predicted octanol–water partition coefficient (Wildman–Crippen LogP) is 2.56. The number of hydrogen-bond acceptors (Lipinski definition) is 1. The smallest absolute Gasteiger partial charge is 0.0179 e. The van der Waals surface area contributed by atoms with Crippen LogP contribution in [0.3, 0.4) is 0 Å². The molecule has 1 nitrogen and oxygen atoms in total. The van der Waals surface area contributed by atoms with Gasteiger partial charge in [-0.3, -0.25) is 0 Å². The van der Waals surface area contributed by atoms with Gasteiger partial charge in [-0.2, -0.15) is 0 Å². The van der Waals surface area contributed by atoms with Crippen LogP contribution >= 0.6 is 0 Å². The van der Waals surface area contributed by atoms with Crippen molar-refractivity contribution in [1.82, 2.24) is 5.32 Å². The van der Waals surface area contributed by atoms with Crippen molar-refractivity contribution in [3.05, 3.63) is 0 Å². The Balaban J connectivity index is 2.48. The number of hydrogen-bond donors (Lipinski definition) is 1. The standard InChI is InChI=1S/C10H21N/c1-4-9-7-10(5-2,6-3)11-8-9/h9,11H,4-8H2,1-3H3. The first-order valence-electron chi connectivity index (χ1n) is 5.01. The van der Waals surface area contributed by atoms with E-state index in [1.807, 2.05) is 0 Å². The van der Waals surface area contributed by atoms with Crippen molar-refractivity contribution in [1.29, 1.82) is 0 Å². The molecule has 1 heteroatoms. The van der Waals surface area contributed by atoms with E-state index < -0.39 is 0 Å². The fourth-order valence-electron chi connectivity index (χ4n) is 2.14. The molecule has 1 N–H and O–H groups in total. The van der Waals surface area contributed by atoms with Crippen molar-refractivity contribution in [3.8, 4) is 0 Å². The molecule has 0 aromatic rings. The van der Waals surface area contributed by atoms with Gasteiger partial charge in [-0.1, -0.05) is 27.2 Å². The highest BCUT2D eigenvalue weighted by atomic mass is 15.0. The molecule has 0 aromatic heterocycles. The summed E-state index contributed by atoms with van der Waals surface area (Å²) >= 11 is 0. The van der Waals surface area contributed by atoms with Crippen LogP contribution in [0, 0.1) is 5.92 Å². The zero-order valence-corrected chi connectivity index (χ0v) is 8.11. The van der Waals surface area contributed by atoms with Crippen LogP contribution in [0.4, 0.5) is 0 Å². The van der Waals surface area contributed by atoms with Gasteiger partial charge in [0.1, 0.15) is 0 Å². The Morgan fingerprint density at radius 3 is 2.18 bits per heavy atom. The zero-order chi connectivity index (χ0) is 8.32. The third-order valence-electron chi connectivity index (χ3n) is 3.38. The van der Waals surface area contributed by atoms with E-state index in [9.17, 15) is 0 Å². The maximum Gasteiger partial charge on any atom is 0.0179 e. The average molecular weight is 155 g/mol. The fourth-order valence-corrected chi connectivity index (χ4v) is 2.14. The van der Waals surface area contributed by atoms with E-state index in [1.54, 1.807) is 0 Å². The first-order chi connectivity index (χ1) is 5.26. The minimum absolute atomic E-state index is 0.501. The van der Waals surface area contributed by atoms with Crippen LogP contribution in [0.25, 0.3) is 0 Å². The highest BCUT2D eigenvalue weighted by Crippen LogP contribution is 2.31. The normalized spacial score (nSPS) is 29.2. The molecule has 0 amide bonds. The molecule has 0 saturated carbocycles. The second kappa shape index (κ2) is 3.57. The van der Waals surface area contributed by atoms with Crippen molar-refractivity contribution < 1.29 is 0 Å². The monoisotopic (exact) mass is 155 g/mol. The maximum atomic E-state index is 3.67. The van der Waals surface area contributed by atoms with E-state index in [0.717, 1.165) is 5.92 Å². The Bertz CT molecular complexity index is 116. The first kappa shape index (κ1) is 9.05. The molecule has 1 atom stereocenters. The van der Waals surface area contributed by atoms with Crippen molar-refractivity contribution >= 4 is 0 Å². The molecule has 0 bridgehead atoms. The molecule has 1 heterocycles. The molecule has 1 unspecified atom stereocenters. The van der Waals surface area contributed by atoms with Crippen LogP contribution in [-0.4, -0.2) is 12.1 Å². The zero-order valence-electron chi connectivity index (χ0n) is 8.11. The van der Waals surface area contributed by atoms with Crippen LogP contribution in [-0.2, 0) is 0 Å². The SMILES string of the molecule is CCC1CNC(CC)(CC)C1. The Hall–Kier alpha value is -0.0400. The molecule has 1 aliphatic heterocycles. The molecule has 0 radical (unpaired) electrons. The summed E-state index contributed by atoms with van der Waals surface area (Å²) in [4.78, 5) is 0. The second-order valence-corrected chi connectivity index (χ2v) is 3.85. The van der Waals surface area contributed by atoms with Gasteiger partial charge in [-0.15, -0.1) is 0 Å². The molecule has 1 aliphatic rings. The van der Waals surface area contributed by atoms with E-state index in [-0.39, 0.29) is 0 Å². The van der Waals surface area contributed by atoms with Gasteiger partial charge in [-0.25, -0.2) is 0 Å². The van der Waals surface area contributed by atoms with Gasteiger partial charge in [0, 0.05) is 5.54 Å². The lowest BCUT2D eigenvalue weighted by atomic mass is 9.87. The van der Waals surface area contributed by atoms with Crippen LogP contribution < -0.4 is 5.32 Å². The van der Waals surface area contributed by atoms with E-state index in [2.05, 4.69) is 26.1 Å². The van der Waals surface area contributed by atoms with E-state index in [4.69, 9.17) is 0 Å². The summed E-state index contributed by atoms with van der Waals surface area (Å²) in [5.74, 6) is 0.940. The second-order valence-electron chi connectivity index (χ2n) is 3.85. The van der Waals surface area contributed by atoms with Crippen LogP contribution in [0.1, 0.15) is 46.5 Å². The predicted molar refractivity (Wildman–Crippen MR) is 49.7 cm³/mol. The van der Waals surface area contributed by atoms with Crippen LogP contribution in [0.2, 0.25) is 0 Å². The molecule has 1 fully saturated rings. The topological polar surface area (TPSA) is 12.0 Å². The number of nitrogens with one attached hydrogen (secondary N) is 1. The molecule has 11 heavy (non-hydrogen) atoms. The highest BCUT2D eigenvalue weighted by Gasteiger charge is 2.34. The van der Waals surface area contributed by atoms with Gasteiger partial charge in [0.25, 0.3) is 0 Å². The summed E-state index contributed by atoms with van der Waals surface area (Å²) in [5.41, 5.74) is 0.501. The molecule has 1 rings (SSSR count). The molecule has 66 valence electrons. The Kier molecular flexibility index (Phi) is 2.94. The van der Waals surface area contributed by atoms with Crippen molar-refractivity contribution in [2.24, 2.45) is 5.92 Å². The summed E-state index contributed by atoms with van der Waals surface area (Å²) in [6, 6.07) is 0. The largest absolute Gasteiger partial charge is 0.311 e. The summed E-state index contributed by atoms with van der Waals surface area (Å²) < 4.78 is 0. The molecule has 1 saturated heterocycles. The highest BCUT2D eigenvalue weighted by molar-refractivity contribution is 4.94. The Morgan fingerprint density at radius 2 is 1.91 bits per heavy atom. The van der Waals surface area contributed by atoms with E-state index >= 15 is 0 Å². The molecule has 0 spiro atoms. The number of rotatable bonds is 3. The molecular formula is C10H21N. The lowest BCUT2D eigenvalue weighted by Gasteiger charge is -2.26. The van der Waals surface area contributed by atoms with Crippen LogP contribution in [0.5, 0.6) is 0 Å². The third kappa shape index (κ3) is 1.76. The summed E-state index contributed by atoms with van der Waals surface area (Å²) in [5, 5.41) is 3.67. The van der Waals surface area contributed by atoms with Crippen molar-refractivity contribution in [2.45, 2.75) is 52.0 Å². The average Bonchev–Trinajstić information content (AvgIpc) is 2.49. The third-order valence-corrected chi connectivity index (χ3v) is 3.38. The van der Waals surface area contributed by atoms with Crippen molar-refractivity contribution in [2.75, 3.05) is 6.54 Å². The maximum absolute atomic E-state index is 3.67. The quantitative estimate of drug-likeness (QED) is 0.660. The minimum atomic E-state index is 0.501. The van der Waals surface area contributed by atoms with E-state index in [1.165, 1.54) is 32.2 Å². The summed E-state index contributed by atoms with van der Waals surface area (Å²) in [6.45, 7) is 8.15. The summed E-state index contributed by atoms with van der Waals surface area (Å²) in [6.07, 6.45) is 5.32. The molecule has 0 aromatic carbocycles. The molecular weight excluding hydrogens is 134 g/mol. The van der Waals surface area contributed by atoms with Gasteiger partial charge in [0.05, 0.1) is 0 Å². The Labute approximate surface area is 70.6 Å². The van der Waals surface area contributed by atoms with Gasteiger partial charge >= 0.3 is 0 Å². The van der Waals surface area contributed by atoms with Gasteiger partial charge in [0.2, 0.25) is 0 Å². The summed E-state index contributed by atoms with van der Waals surface area (Å²) in [7, 11) is 0. The van der Waals surface area contributed by atoms with Gasteiger partial charge < -0.3 is 5.32 Å². The minimum Gasteiger partial charge on any atom is -0.311 e. The lowest BCUT2D eigenvalue weighted by molar-refractivity contribution is 0.338. The van der Waals surface area contributed by atoms with Gasteiger partial charge in [-0.05, 0) is 31.7 Å². The first-order valence-corrected chi connectivity index (χ1v) is 5.01. The van der Waals surface area contributed by atoms with Crippen molar-refractivity contribution in [3.63, 3.8) is 0 Å². The lowest BCUT2D eigenvalue weighted by Crippen LogP contribution is -2.37. The van der Waals surface area contributed by atoms with E-state index in [0.29, 0.717) is 5.54 Å². The van der Waals surface area contributed by atoms with Crippen LogP contribution in [0.15, 0.2) is 0 Å². The fraction of sp³-hybridized carbons (Fsp3) is 1.00. The Morgan fingerprint density at radius 1 is 1.27 bits per heavy atom.